The van der Waals surface area contributed by atoms with E-state index < -0.39 is 16.7 Å². The summed E-state index contributed by atoms with van der Waals surface area (Å²) >= 11 is 0. The van der Waals surface area contributed by atoms with Crippen LogP contribution >= 0.6 is 0 Å². The van der Waals surface area contributed by atoms with Crippen molar-refractivity contribution < 1.29 is 19.3 Å². The molecule has 0 aromatic heterocycles. The highest BCUT2D eigenvalue weighted by molar-refractivity contribution is 6.43. The monoisotopic (exact) mass is 410 g/mol. The third kappa shape index (κ3) is 4.62. The van der Waals surface area contributed by atoms with E-state index in [0.717, 1.165) is 18.4 Å². The molecule has 9 nitrogen and oxygen atoms in total. The molecule has 0 radical (unpaired) electrons. The number of nitrogens with zero attached hydrogens (tertiary/aromatic N) is 2. The van der Waals surface area contributed by atoms with E-state index in [2.05, 4.69) is 10.6 Å². The highest BCUT2D eigenvalue weighted by Gasteiger charge is 2.22. The van der Waals surface area contributed by atoms with E-state index in [4.69, 9.17) is 0 Å². The summed E-state index contributed by atoms with van der Waals surface area (Å²) in [4.78, 5) is 48.8. The van der Waals surface area contributed by atoms with Crippen LogP contribution < -0.4 is 15.5 Å². The Morgan fingerprint density at radius 3 is 2.40 bits per heavy atom. The molecule has 0 bridgehead atoms. The maximum absolute atomic E-state index is 12.3. The lowest BCUT2D eigenvalue weighted by atomic mass is 10.1. The van der Waals surface area contributed by atoms with Crippen LogP contribution in [0.25, 0.3) is 0 Å². The zero-order valence-electron chi connectivity index (χ0n) is 16.7. The highest BCUT2D eigenvalue weighted by Crippen LogP contribution is 2.28. The number of amides is 3. The molecule has 0 spiro atoms. The van der Waals surface area contributed by atoms with E-state index in [1.807, 2.05) is 6.92 Å². The molecule has 0 atom stereocenters. The SMILES string of the molecule is Cc1cc([N+](=O)[O-])ccc1NC(=O)C(=O)Nc1ccc(C)c(N2CCCCC2=O)c1. The number of hydrogen-bond acceptors (Lipinski definition) is 5. The number of hydrogen-bond donors (Lipinski definition) is 2. The summed E-state index contributed by atoms with van der Waals surface area (Å²) in [6.45, 7) is 4.10. The third-order valence-electron chi connectivity index (χ3n) is 4.96. The van der Waals surface area contributed by atoms with Gasteiger partial charge in [0.15, 0.2) is 0 Å². The van der Waals surface area contributed by atoms with Gasteiger partial charge >= 0.3 is 11.8 Å². The van der Waals surface area contributed by atoms with Crippen molar-refractivity contribution in [3.63, 3.8) is 0 Å². The van der Waals surface area contributed by atoms with Gasteiger partial charge in [-0.2, -0.15) is 0 Å². The summed E-state index contributed by atoms with van der Waals surface area (Å²) in [6, 6.07) is 9.07. The largest absolute Gasteiger partial charge is 0.318 e. The molecule has 9 heteroatoms. The molecule has 1 saturated heterocycles. The van der Waals surface area contributed by atoms with Gasteiger partial charge in [0.2, 0.25) is 5.91 Å². The van der Waals surface area contributed by atoms with Crippen molar-refractivity contribution in [1.29, 1.82) is 0 Å². The van der Waals surface area contributed by atoms with E-state index in [0.29, 0.717) is 35.6 Å². The van der Waals surface area contributed by atoms with Gasteiger partial charge < -0.3 is 15.5 Å². The van der Waals surface area contributed by atoms with E-state index in [-0.39, 0.29) is 11.6 Å². The number of nitro groups is 1. The fourth-order valence-electron chi connectivity index (χ4n) is 3.31. The predicted molar refractivity (Wildman–Crippen MR) is 112 cm³/mol. The number of nitrogens with one attached hydrogen (secondary N) is 2. The zero-order valence-corrected chi connectivity index (χ0v) is 16.7. The molecular formula is C21H22N4O5. The Kier molecular flexibility index (Phi) is 6.10. The van der Waals surface area contributed by atoms with Crippen molar-refractivity contribution in [2.24, 2.45) is 0 Å². The van der Waals surface area contributed by atoms with Crippen molar-refractivity contribution in [1.82, 2.24) is 0 Å². The average Bonchev–Trinajstić information content (AvgIpc) is 2.71. The van der Waals surface area contributed by atoms with Crippen molar-refractivity contribution >= 4 is 40.5 Å². The van der Waals surface area contributed by atoms with Crippen molar-refractivity contribution in [2.75, 3.05) is 22.1 Å². The molecule has 0 saturated carbocycles. The van der Waals surface area contributed by atoms with Crippen LogP contribution in [0.1, 0.15) is 30.4 Å². The minimum Gasteiger partial charge on any atom is -0.318 e. The number of benzene rings is 2. The number of anilines is 3. The Hall–Kier alpha value is -3.75. The normalized spacial score (nSPS) is 13.7. The van der Waals surface area contributed by atoms with Crippen molar-refractivity contribution in [2.45, 2.75) is 33.1 Å². The average molecular weight is 410 g/mol. The van der Waals surface area contributed by atoms with Crippen molar-refractivity contribution in [3.8, 4) is 0 Å². The second-order valence-electron chi connectivity index (χ2n) is 7.17. The maximum atomic E-state index is 12.3. The fraction of sp³-hybridized carbons (Fsp3) is 0.286. The number of non-ortho nitro benzene ring substituents is 1. The van der Waals surface area contributed by atoms with Crippen LogP contribution in [-0.2, 0) is 14.4 Å². The third-order valence-corrected chi connectivity index (χ3v) is 4.96. The molecule has 3 amide bonds. The summed E-state index contributed by atoms with van der Waals surface area (Å²) in [5.74, 6) is -1.74. The van der Waals surface area contributed by atoms with Gasteiger partial charge in [-0.3, -0.25) is 24.5 Å². The van der Waals surface area contributed by atoms with Crippen LogP contribution in [0.5, 0.6) is 0 Å². The molecule has 2 aromatic rings. The number of carbonyl (C=O) groups is 3. The van der Waals surface area contributed by atoms with Crippen LogP contribution in [0.4, 0.5) is 22.7 Å². The molecular weight excluding hydrogens is 388 g/mol. The zero-order chi connectivity index (χ0) is 21.8. The maximum Gasteiger partial charge on any atom is 0.314 e. The summed E-state index contributed by atoms with van der Waals surface area (Å²) in [5, 5.41) is 15.8. The van der Waals surface area contributed by atoms with E-state index in [9.17, 15) is 24.5 Å². The lowest BCUT2D eigenvalue weighted by Crippen LogP contribution is -2.35. The van der Waals surface area contributed by atoms with Gasteiger partial charge in [0.05, 0.1) is 4.92 Å². The highest BCUT2D eigenvalue weighted by atomic mass is 16.6. The quantitative estimate of drug-likeness (QED) is 0.455. The molecule has 3 rings (SSSR count). The Morgan fingerprint density at radius 1 is 1.00 bits per heavy atom. The first-order chi connectivity index (χ1) is 14.3. The van der Waals surface area contributed by atoms with Crippen LogP contribution in [0.3, 0.4) is 0 Å². The van der Waals surface area contributed by atoms with Gasteiger partial charge in [0.1, 0.15) is 0 Å². The molecule has 1 aliphatic rings. The van der Waals surface area contributed by atoms with E-state index >= 15 is 0 Å². The topological polar surface area (TPSA) is 122 Å². The van der Waals surface area contributed by atoms with Crippen LogP contribution in [0, 0.1) is 24.0 Å². The summed E-state index contributed by atoms with van der Waals surface area (Å²) in [5.41, 5.74) is 2.68. The first-order valence-electron chi connectivity index (χ1n) is 9.54. The molecule has 30 heavy (non-hydrogen) atoms. The molecule has 0 aliphatic carbocycles. The first-order valence-corrected chi connectivity index (χ1v) is 9.54. The second-order valence-corrected chi connectivity index (χ2v) is 7.17. The Morgan fingerprint density at radius 2 is 1.73 bits per heavy atom. The number of aryl methyl sites for hydroxylation is 2. The number of piperidine rings is 1. The fourth-order valence-corrected chi connectivity index (χ4v) is 3.31. The van der Waals surface area contributed by atoms with Gasteiger partial charge in [0, 0.05) is 42.2 Å². The summed E-state index contributed by atoms with van der Waals surface area (Å²) < 4.78 is 0. The Bertz CT molecular complexity index is 1030. The number of rotatable bonds is 4. The van der Waals surface area contributed by atoms with Crippen LogP contribution in [0.15, 0.2) is 36.4 Å². The Balaban J connectivity index is 1.71. The summed E-state index contributed by atoms with van der Waals surface area (Å²) in [6.07, 6.45) is 2.28. The molecule has 0 unspecified atom stereocenters. The van der Waals surface area contributed by atoms with Gasteiger partial charge in [-0.1, -0.05) is 6.07 Å². The number of carbonyl (C=O) groups excluding carboxylic acids is 3. The van der Waals surface area contributed by atoms with Crippen molar-refractivity contribution in [3.05, 3.63) is 57.6 Å². The standard InChI is InChI=1S/C21H22N4O5/c1-13-6-7-15(12-18(13)24-10-4-3-5-19(24)26)22-20(27)21(28)23-17-9-8-16(25(29)30)11-14(17)2/h6-9,11-12H,3-5,10H2,1-2H3,(H,22,27)(H,23,28). The minimum atomic E-state index is -0.900. The first kappa shape index (κ1) is 21.0. The summed E-state index contributed by atoms with van der Waals surface area (Å²) in [7, 11) is 0. The molecule has 1 aliphatic heterocycles. The molecule has 1 fully saturated rings. The van der Waals surface area contributed by atoms with Gasteiger partial charge in [-0.05, 0) is 56.0 Å². The molecule has 1 heterocycles. The molecule has 156 valence electrons. The van der Waals surface area contributed by atoms with E-state index in [1.54, 1.807) is 30.0 Å². The smallest absolute Gasteiger partial charge is 0.314 e. The second kappa shape index (κ2) is 8.73. The molecule has 2 aromatic carbocycles. The van der Waals surface area contributed by atoms with E-state index in [1.165, 1.54) is 18.2 Å². The van der Waals surface area contributed by atoms with Crippen LogP contribution in [0.2, 0.25) is 0 Å². The Labute approximate surface area is 173 Å². The minimum absolute atomic E-state index is 0.0409. The predicted octanol–water partition coefficient (Wildman–Crippen LogP) is 3.31. The molecule has 2 N–H and O–H groups in total. The van der Waals surface area contributed by atoms with Gasteiger partial charge in [0.25, 0.3) is 5.69 Å². The van der Waals surface area contributed by atoms with Crippen LogP contribution in [-0.4, -0.2) is 29.2 Å². The van der Waals surface area contributed by atoms with Gasteiger partial charge in [-0.15, -0.1) is 0 Å². The lowest BCUT2D eigenvalue weighted by Gasteiger charge is -2.28. The lowest BCUT2D eigenvalue weighted by molar-refractivity contribution is -0.384. The van der Waals surface area contributed by atoms with Gasteiger partial charge in [-0.25, -0.2) is 0 Å². The number of nitro benzene ring substituents is 1.